The molecule has 0 aromatic rings. The minimum Gasteiger partial charge on any atom is -0.0854 e. The van der Waals surface area contributed by atoms with Gasteiger partial charge < -0.3 is 0 Å². The van der Waals surface area contributed by atoms with E-state index in [0.717, 1.165) is 29.6 Å². The van der Waals surface area contributed by atoms with Gasteiger partial charge in [-0.25, -0.2) is 0 Å². The van der Waals surface area contributed by atoms with E-state index in [-0.39, 0.29) is 0 Å². The molecule has 0 heteroatoms. The molecule has 4 atom stereocenters. The van der Waals surface area contributed by atoms with Crippen molar-refractivity contribution in [2.75, 3.05) is 0 Å². The Morgan fingerprint density at radius 1 is 1.12 bits per heavy atom. The molecular weight excluding hydrogens is 204 g/mol. The molecule has 0 amide bonds. The van der Waals surface area contributed by atoms with Crippen molar-refractivity contribution in [3.05, 3.63) is 12.2 Å². The van der Waals surface area contributed by atoms with Crippen LogP contribution in [-0.2, 0) is 0 Å². The molecule has 0 spiro atoms. The van der Waals surface area contributed by atoms with Crippen molar-refractivity contribution in [3.8, 4) is 0 Å². The molecule has 0 radical (unpaired) electrons. The second kappa shape index (κ2) is 5.59. The molecule has 0 fully saturated rings. The quantitative estimate of drug-likeness (QED) is 0.562. The average Bonchev–Trinajstić information content (AvgIpc) is 2.20. The van der Waals surface area contributed by atoms with Crippen molar-refractivity contribution in [2.45, 2.75) is 61.3 Å². The van der Waals surface area contributed by atoms with Gasteiger partial charge in [0.2, 0.25) is 0 Å². The van der Waals surface area contributed by atoms with Crippen molar-refractivity contribution < 1.29 is 0 Å². The second-order valence-corrected chi connectivity index (χ2v) is 7.45. The summed E-state index contributed by atoms with van der Waals surface area (Å²) in [6.45, 7) is 16.8. The normalized spacial score (nSPS) is 31.9. The topological polar surface area (TPSA) is 0 Å². The Morgan fingerprint density at radius 3 is 2.24 bits per heavy atom. The zero-order chi connectivity index (χ0) is 13.2. The fourth-order valence-electron chi connectivity index (χ4n) is 3.20. The van der Waals surface area contributed by atoms with E-state index in [9.17, 15) is 0 Å². The van der Waals surface area contributed by atoms with Gasteiger partial charge in [-0.1, -0.05) is 60.6 Å². The lowest BCUT2D eigenvalue weighted by Gasteiger charge is -2.39. The molecule has 0 aromatic carbocycles. The van der Waals surface area contributed by atoms with Gasteiger partial charge in [0.05, 0.1) is 0 Å². The van der Waals surface area contributed by atoms with Crippen LogP contribution in [0.2, 0.25) is 0 Å². The molecule has 1 aliphatic rings. The van der Waals surface area contributed by atoms with Crippen molar-refractivity contribution in [1.29, 1.82) is 0 Å². The first-order valence-electron chi connectivity index (χ1n) is 7.42. The Labute approximate surface area is 109 Å². The van der Waals surface area contributed by atoms with E-state index in [4.69, 9.17) is 0 Å². The van der Waals surface area contributed by atoms with E-state index in [1.165, 1.54) is 12.8 Å². The van der Waals surface area contributed by atoms with Gasteiger partial charge in [-0.2, -0.15) is 0 Å². The van der Waals surface area contributed by atoms with Gasteiger partial charge >= 0.3 is 0 Å². The van der Waals surface area contributed by atoms with E-state index in [2.05, 4.69) is 60.6 Å². The van der Waals surface area contributed by atoms with Gasteiger partial charge in [0.25, 0.3) is 0 Å². The predicted octanol–water partition coefficient (Wildman–Crippen LogP) is 5.54. The van der Waals surface area contributed by atoms with E-state index in [1.807, 2.05) is 0 Å². The summed E-state index contributed by atoms with van der Waals surface area (Å²) < 4.78 is 0. The van der Waals surface area contributed by atoms with E-state index in [0.29, 0.717) is 5.41 Å². The molecule has 4 unspecified atom stereocenters. The summed E-state index contributed by atoms with van der Waals surface area (Å²) in [7, 11) is 0. The Kier molecular flexibility index (Phi) is 4.86. The first-order chi connectivity index (χ1) is 7.74. The van der Waals surface area contributed by atoms with Gasteiger partial charge in [-0.15, -0.1) is 0 Å². The van der Waals surface area contributed by atoms with E-state index < -0.39 is 0 Å². The molecule has 1 aliphatic carbocycles. The second-order valence-electron chi connectivity index (χ2n) is 7.45. The molecule has 0 aliphatic heterocycles. The van der Waals surface area contributed by atoms with Crippen LogP contribution in [0.5, 0.6) is 0 Å². The van der Waals surface area contributed by atoms with Crippen LogP contribution >= 0.6 is 0 Å². The van der Waals surface area contributed by atoms with E-state index in [1.54, 1.807) is 0 Å². The molecule has 0 heterocycles. The molecule has 0 bridgehead atoms. The smallest absolute Gasteiger partial charge is 0.0231 e. The first kappa shape index (κ1) is 14.8. The van der Waals surface area contributed by atoms with Gasteiger partial charge in [-0.05, 0) is 47.8 Å². The van der Waals surface area contributed by atoms with Crippen LogP contribution in [0.1, 0.15) is 61.3 Å². The maximum atomic E-state index is 2.47. The fourth-order valence-corrected chi connectivity index (χ4v) is 3.20. The van der Waals surface area contributed by atoms with Gasteiger partial charge in [0.15, 0.2) is 0 Å². The monoisotopic (exact) mass is 236 g/mol. The highest BCUT2D eigenvalue weighted by Gasteiger charge is 2.32. The van der Waals surface area contributed by atoms with Crippen LogP contribution in [0.25, 0.3) is 0 Å². The third-order valence-corrected chi connectivity index (χ3v) is 5.20. The minimum absolute atomic E-state index is 0.476. The largest absolute Gasteiger partial charge is 0.0854 e. The molecular formula is C17H32. The Morgan fingerprint density at radius 2 is 1.71 bits per heavy atom. The molecule has 100 valence electrons. The zero-order valence-corrected chi connectivity index (χ0v) is 13.0. The van der Waals surface area contributed by atoms with Crippen LogP contribution in [-0.4, -0.2) is 0 Å². The minimum atomic E-state index is 0.476. The van der Waals surface area contributed by atoms with Crippen molar-refractivity contribution in [1.82, 2.24) is 0 Å². The Balaban J connectivity index is 2.64. The van der Waals surface area contributed by atoms with Crippen molar-refractivity contribution in [2.24, 2.45) is 35.0 Å². The molecule has 0 saturated carbocycles. The Bertz CT molecular complexity index is 259. The molecule has 0 saturated heterocycles. The lowest BCUT2D eigenvalue weighted by Crippen LogP contribution is -2.30. The number of allylic oxidation sites excluding steroid dienone is 2. The van der Waals surface area contributed by atoms with Crippen LogP contribution in [0, 0.1) is 35.0 Å². The first-order valence-corrected chi connectivity index (χ1v) is 7.42. The van der Waals surface area contributed by atoms with Crippen LogP contribution < -0.4 is 0 Å². The maximum absolute atomic E-state index is 2.47. The third-order valence-electron chi connectivity index (χ3n) is 5.20. The van der Waals surface area contributed by atoms with E-state index >= 15 is 0 Å². The average molecular weight is 236 g/mol. The summed E-state index contributed by atoms with van der Waals surface area (Å²) in [6, 6.07) is 0. The lowest BCUT2D eigenvalue weighted by atomic mass is 9.67. The van der Waals surface area contributed by atoms with Crippen LogP contribution in [0.15, 0.2) is 12.2 Å². The highest BCUT2D eigenvalue weighted by molar-refractivity contribution is 5.00. The van der Waals surface area contributed by atoms with Gasteiger partial charge in [-0.3, -0.25) is 0 Å². The van der Waals surface area contributed by atoms with Crippen molar-refractivity contribution >= 4 is 0 Å². The van der Waals surface area contributed by atoms with Crippen LogP contribution in [0.4, 0.5) is 0 Å². The summed E-state index contributed by atoms with van der Waals surface area (Å²) in [6.07, 6.45) is 7.59. The molecule has 17 heavy (non-hydrogen) atoms. The summed E-state index contributed by atoms with van der Waals surface area (Å²) >= 11 is 0. The maximum Gasteiger partial charge on any atom is -0.0231 e. The Hall–Kier alpha value is -0.260. The van der Waals surface area contributed by atoms with Gasteiger partial charge in [0, 0.05) is 0 Å². The fraction of sp³-hybridized carbons (Fsp3) is 0.882. The predicted molar refractivity (Wildman–Crippen MR) is 78.0 cm³/mol. The molecule has 0 nitrogen and oxygen atoms in total. The summed E-state index contributed by atoms with van der Waals surface area (Å²) in [4.78, 5) is 0. The molecule has 1 rings (SSSR count). The summed E-state index contributed by atoms with van der Waals surface area (Å²) in [5.41, 5.74) is 0.476. The molecule has 0 N–H and O–H groups in total. The third kappa shape index (κ3) is 3.86. The summed E-state index contributed by atoms with van der Waals surface area (Å²) in [5.74, 6) is 4.05. The van der Waals surface area contributed by atoms with Crippen molar-refractivity contribution in [3.63, 3.8) is 0 Å². The van der Waals surface area contributed by atoms with Gasteiger partial charge in [0.1, 0.15) is 0 Å². The highest BCUT2D eigenvalue weighted by Crippen LogP contribution is 2.41. The number of rotatable bonds is 4. The standard InChI is InChI=1S/C17H32/c1-12(2)17(6,7)11-15(5)16-10-13(3)8-9-14(16)4/h8-9,12-16H,10-11H2,1-7H3. The SMILES string of the molecule is CC1C=CC(C)C(C(C)CC(C)(C)C(C)C)C1. The molecule has 0 aromatic heterocycles. The highest BCUT2D eigenvalue weighted by atomic mass is 14.4. The number of hydrogen-bond acceptors (Lipinski definition) is 0. The summed E-state index contributed by atoms with van der Waals surface area (Å²) in [5, 5.41) is 0. The number of hydrogen-bond donors (Lipinski definition) is 0. The zero-order valence-electron chi connectivity index (χ0n) is 13.0. The lowest BCUT2D eigenvalue weighted by molar-refractivity contribution is 0.134. The van der Waals surface area contributed by atoms with Crippen LogP contribution in [0.3, 0.4) is 0 Å².